The van der Waals surface area contributed by atoms with Gasteiger partial charge in [-0.05, 0) is 48.4 Å². The number of rotatable bonds is 4. The maximum absolute atomic E-state index is 13.2. The molecule has 1 aromatic heterocycles. The Labute approximate surface area is 145 Å². The van der Waals surface area contributed by atoms with Crippen LogP contribution in [-0.2, 0) is 11.2 Å². The van der Waals surface area contributed by atoms with Gasteiger partial charge in [0.15, 0.2) is 0 Å². The summed E-state index contributed by atoms with van der Waals surface area (Å²) in [7, 11) is 0. The van der Waals surface area contributed by atoms with Crippen LogP contribution in [0.3, 0.4) is 0 Å². The number of likely N-dealkylation sites (tertiary alicyclic amines) is 1. The molecule has 1 aliphatic rings. The summed E-state index contributed by atoms with van der Waals surface area (Å²) in [6.07, 6.45) is 2.09. The summed E-state index contributed by atoms with van der Waals surface area (Å²) in [5, 5.41) is 11.0. The molecule has 0 spiro atoms. The number of nitrogens with zero attached hydrogens (tertiary/aromatic N) is 2. The van der Waals surface area contributed by atoms with Crippen LogP contribution < -0.4 is 0 Å². The second kappa shape index (κ2) is 7.59. The van der Waals surface area contributed by atoms with Gasteiger partial charge in [-0.15, -0.1) is 11.3 Å². The molecule has 1 aliphatic heterocycles. The van der Waals surface area contributed by atoms with Crippen LogP contribution in [0.4, 0.5) is 4.39 Å². The number of hydrogen-bond acceptors (Lipinski definition) is 3. The lowest BCUT2D eigenvalue weighted by molar-refractivity contribution is -0.134. The largest absolute Gasteiger partial charge is 0.342 e. The number of hydrogen-bond donors (Lipinski definition) is 0. The second-order valence-electron chi connectivity index (χ2n) is 6.12. The quantitative estimate of drug-likeness (QED) is 0.844. The summed E-state index contributed by atoms with van der Waals surface area (Å²) in [6.45, 7) is 1.25. The molecule has 3 rings (SSSR count). The van der Waals surface area contributed by atoms with E-state index in [-0.39, 0.29) is 23.6 Å². The van der Waals surface area contributed by atoms with Crippen LogP contribution in [0.25, 0.3) is 0 Å². The lowest BCUT2D eigenvalue weighted by Gasteiger charge is -2.32. The van der Waals surface area contributed by atoms with Gasteiger partial charge in [0, 0.05) is 23.9 Å². The average molecular weight is 342 g/mol. The Morgan fingerprint density at radius 2 is 2.00 bits per heavy atom. The SMILES string of the molecule is N#CC1CCN(C(=O)C(Cc2cccs2)c2ccc(F)cc2)CC1. The smallest absolute Gasteiger partial charge is 0.230 e. The lowest BCUT2D eigenvalue weighted by Crippen LogP contribution is -2.41. The first-order valence-corrected chi connectivity index (χ1v) is 9.01. The third-order valence-electron chi connectivity index (χ3n) is 4.55. The van der Waals surface area contributed by atoms with Crippen molar-refractivity contribution in [3.05, 3.63) is 58.0 Å². The monoisotopic (exact) mass is 342 g/mol. The van der Waals surface area contributed by atoms with Crippen molar-refractivity contribution in [2.24, 2.45) is 5.92 Å². The van der Waals surface area contributed by atoms with E-state index >= 15 is 0 Å². The molecule has 1 amide bonds. The van der Waals surface area contributed by atoms with Crippen LogP contribution in [0.5, 0.6) is 0 Å². The van der Waals surface area contributed by atoms with Crippen LogP contribution in [0.1, 0.15) is 29.2 Å². The maximum Gasteiger partial charge on any atom is 0.230 e. The number of piperidine rings is 1. The van der Waals surface area contributed by atoms with E-state index in [1.807, 2.05) is 22.4 Å². The fraction of sp³-hybridized carbons (Fsp3) is 0.368. The van der Waals surface area contributed by atoms with Gasteiger partial charge >= 0.3 is 0 Å². The molecule has 2 heterocycles. The van der Waals surface area contributed by atoms with E-state index in [0.29, 0.717) is 19.5 Å². The molecule has 1 saturated heterocycles. The molecule has 1 atom stereocenters. The van der Waals surface area contributed by atoms with E-state index < -0.39 is 0 Å². The highest BCUT2D eigenvalue weighted by atomic mass is 32.1. The molecule has 1 aromatic carbocycles. The Kier molecular flexibility index (Phi) is 5.27. The zero-order chi connectivity index (χ0) is 16.9. The highest BCUT2D eigenvalue weighted by Crippen LogP contribution is 2.28. The van der Waals surface area contributed by atoms with Crippen molar-refractivity contribution in [1.82, 2.24) is 4.90 Å². The molecule has 0 bridgehead atoms. The number of nitriles is 1. The summed E-state index contributed by atoms with van der Waals surface area (Å²) in [4.78, 5) is 16.1. The number of amides is 1. The van der Waals surface area contributed by atoms with E-state index in [2.05, 4.69) is 6.07 Å². The van der Waals surface area contributed by atoms with Crippen molar-refractivity contribution in [3.8, 4) is 6.07 Å². The van der Waals surface area contributed by atoms with E-state index in [1.165, 1.54) is 12.1 Å². The van der Waals surface area contributed by atoms with Gasteiger partial charge in [0.1, 0.15) is 5.82 Å². The van der Waals surface area contributed by atoms with Crippen LogP contribution in [0.15, 0.2) is 41.8 Å². The Morgan fingerprint density at radius 3 is 2.58 bits per heavy atom. The minimum atomic E-state index is -0.303. The summed E-state index contributed by atoms with van der Waals surface area (Å²) in [5.74, 6) is -0.471. The van der Waals surface area contributed by atoms with Crippen molar-refractivity contribution in [1.29, 1.82) is 5.26 Å². The number of carbonyl (C=O) groups is 1. The molecule has 124 valence electrons. The third-order valence-corrected chi connectivity index (χ3v) is 5.44. The van der Waals surface area contributed by atoms with Crippen molar-refractivity contribution in [2.75, 3.05) is 13.1 Å². The maximum atomic E-state index is 13.2. The van der Waals surface area contributed by atoms with E-state index in [0.717, 1.165) is 23.3 Å². The second-order valence-corrected chi connectivity index (χ2v) is 7.15. The van der Waals surface area contributed by atoms with Crippen molar-refractivity contribution in [2.45, 2.75) is 25.2 Å². The molecule has 1 unspecified atom stereocenters. The van der Waals surface area contributed by atoms with Gasteiger partial charge in [-0.2, -0.15) is 5.26 Å². The molecule has 1 fully saturated rings. The summed E-state index contributed by atoms with van der Waals surface area (Å²) in [5.41, 5.74) is 0.845. The first-order valence-electron chi connectivity index (χ1n) is 8.13. The molecule has 0 saturated carbocycles. The summed E-state index contributed by atoms with van der Waals surface area (Å²) < 4.78 is 13.2. The normalized spacial score (nSPS) is 16.6. The predicted molar refractivity (Wildman–Crippen MR) is 92.1 cm³/mol. The highest BCUT2D eigenvalue weighted by Gasteiger charge is 2.29. The number of halogens is 1. The van der Waals surface area contributed by atoms with Gasteiger partial charge in [0.25, 0.3) is 0 Å². The molecular formula is C19H19FN2OS. The van der Waals surface area contributed by atoms with Gasteiger partial charge in [-0.3, -0.25) is 4.79 Å². The zero-order valence-electron chi connectivity index (χ0n) is 13.3. The molecule has 5 heteroatoms. The molecule has 0 N–H and O–H groups in total. The molecule has 2 aromatic rings. The first kappa shape index (κ1) is 16.7. The zero-order valence-corrected chi connectivity index (χ0v) is 14.1. The molecular weight excluding hydrogens is 323 g/mol. The Bertz CT molecular complexity index is 713. The van der Waals surface area contributed by atoms with E-state index in [4.69, 9.17) is 5.26 Å². The average Bonchev–Trinajstić information content (AvgIpc) is 3.13. The van der Waals surface area contributed by atoms with Crippen molar-refractivity contribution >= 4 is 17.2 Å². The fourth-order valence-electron chi connectivity index (χ4n) is 3.12. The van der Waals surface area contributed by atoms with Gasteiger partial charge in [-0.25, -0.2) is 4.39 Å². The van der Waals surface area contributed by atoms with Gasteiger partial charge < -0.3 is 4.90 Å². The van der Waals surface area contributed by atoms with Crippen molar-refractivity contribution < 1.29 is 9.18 Å². The Balaban J connectivity index is 1.80. The van der Waals surface area contributed by atoms with Gasteiger partial charge in [-0.1, -0.05) is 18.2 Å². The Morgan fingerprint density at radius 1 is 1.29 bits per heavy atom. The summed E-state index contributed by atoms with van der Waals surface area (Å²) >= 11 is 1.63. The predicted octanol–water partition coefficient (Wildman–Crippen LogP) is 3.98. The van der Waals surface area contributed by atoms with Gasteiger partial charge in [0.05, 0.1) is 12.0 Å². The van der Waals surface area contributed by atoms with Crippen LogP contribution in [0.2, 0.25) is 0 Å². The number of carbonyl (C=O) groups excluding carboxylic acids is 1. The molecule has 3 nitrogen and oxygen atoms in total. The lowest BCUT2D eigenvalue weighted by atomic mass is 9.91. The molecule has 0 radical (unpaired) electrons. The number of thiophene rings is 1. The molecule has 0 aliphatic carbocycles. The minimum Gasteiger partial charge on any atom is -0.342 e. The fourth-order valence-corrected chi connectivity index (χ4v) is 3.87. The number of benzene rings is 1. The minimum absolute atomic E-state index is 0.0515. The topological polar surface area (TPSA) is 44.1 Å². The van der Waals surface area contributed by atoms with Gasteiger partial charge in [0.2, 0.25) is 5.91 Å². The van der Waals surface area contributed by atoms with E-state index in [9.17, 15) is 9.18 Å². The van der Waals surface area contributed by atoms with Crippen LogP contribution in [-0.4, -0.2) is 23.9 Å². The molecule has 24 heavy (non-hydrogen) atoms. The third kappa shape index (κ3) is 3.82. The standard InChI is InChI=1S/C19H19FN2OS/c20-16-5-3-15(4-6-16)18(12-17-2-1-11-24-17)19(23)22-9-7-14(13-21)8-10-22/h1-6,11,14,18H,7-10,12H2. The van der Waals surface area contributed by atoms with Crippen molar-refractivity contribution in [3.63, 3.8) is 0 Å². The highest BCUT2D eigenvalue weighted by molar-refractivity contribution is 7.09. The van der Waals surface area contributed by atoms with E-state index in [1.54, 1.807) is 23.5 Å². The Hall–Kier alpha value is -2.19. The van der Waals surface area contributed by atoms with Crippen LogP contribution in [0, 0.1) is 23.1 Å². The van der Waals surface area contributed by atoms with Crippen LogP contribution >= 0.6 is 11.3 Å². The first-order chi connectivity index (χ1) is 11.7. The summed E-state index contributed by atoms with van der Waals surface area (Å²) in [6, 6.07) is 12.5.